The smallest absolute Gasteiger partial charge is 0.222 e. The largest absolute Gasteiger partial charge is 0.495 e. The van der Waals surface area contributed by atoms with Crippen LogP contribution in [0.15, 0.2) is 48.5 Å². The van der Waals surface area contributed by atoms with E-state index >= 15 is 0 Å². The molecule has 1 aromatic heterocycles. The van der Waals surface area contributed by atoms with Gasteiger partial charge in [0.1, 0.15) is 5.75 Å². The van der Waals surface area contributed by atoms with E-state index in [2.05, 4.69) is 11.0 Å². The highest BCUT2D eigenvalue weighted by molar-refractivity contribution is 6.30. The highest BCUT2D eigenvalue weighted by Crippen LogP contribution is 2.31. The third-order valence-corrected chi connectivity index (χ3v) is 7.77. The molecule has 0 bridgehead atoms. The minimum Gasteiger partial charge on any atom is -0.495 e. The van der Waals surface area contributed by atoms with E-state index in [0.717, 1.165) is 59.9 Å². The number of methoxy groups -OCH3 is 1. The summed E-state index contributed by atoms with van der Waals surface area (Å²) in [5.74, 6) is 1.12. The third kappa shape index (κ3) is 5.50. The lowest BCUT2D eigenvalue weighted by molar-refractivity contribution is -0.132. The molecule has 9 heteroatoms. The summed E-state index contributed by atoms with van der Waals surface area (Å²) in [4.78, 5) is 31.2. The number of aryl methyl sites for hydroxylation is 1. The van der Waals surface area contributed by atoms with Gasteiger partial charge in [0.15, 0.2) is 0 Å². The number of halogens is 1. The van der Waals surface area contributed by atoms with Crippen molar-refractivity contribution in [2.24, 2.45) is 0 Å². The van der Waals surface area contributed by atoms with Gasteiger partial charge < -0.3 is 19.4 Å². The molecule has 0 aliphatic carbocycles. The van der Waals surface area contributed by atoms with E-state index in [1.165, 1.54) is 0 Å². The van der Waals surface area contributed by atoms with Gasteiger partial charge in [0.25, 0.3) is 0 Å². The van der Waals surface area contributed by atoms with E-state index in [9.17, 15) is 9.59 Å². The number of carbonyl (C=O) groups is 2. The van der Waals surface area contributed by atoms with Gasteiger partial charge in [-0.15, -0.1) is 0 Å². The summed E-state index contributed by atoms with van der Waals surface area (Å²) in [5.41, 5.74) is 5.20. The van der Waals surface area contributed by atoms with Crippen molar-refractivity contribution in [2.75, 3.05) is 44.7 Å². The predicted molar refractivity (Wildman–Crippen MR) is 148 cm³/mol. The average molecular weight is 536 g/mol. The van der Waals surface area contributed by atoms with Gasteiger partial charge in [-0.3, -0.25) is 14.3 Å². The van der Waals surface area contributed by atoms with Crippen LogP contribution < -0.4 is 9.64 Å². The summed E-state index contributed by atoms with van der Waals surface area (Å²) in [6.07, 6.45) is 1.96. The normalized spacial score (nSPS) is 15.4. The zero-order chi connectivity index (χ0) is 26.6. The van der Waals surface area contributed by atoms with Crippen molar-refractivity contribution in [3.05, 3.63) is 64.8 Å². The van der Waals surface area contributed by atoms with Crippen molar-refractivity contribution in [3.8, 4) is 17.0 Å². The molecule has 1 saturated heterocycles. The van der Waals surface area contributed by atoms with Crippen LogP contribution in [0.5, 0.6) is 5.75 Å². The summed E-state index contributed by atoms with van der Waals surface area (Å²) >= 11 is 6.10. The summed E-state index contributed by atoms with van der Waals surface area (Å²) in [6, 6.07) is 15.7. The number of amides is 2. The molecule has 0 saturated carbocycles. The number of ether oxygens (including phenoxy) is 1. The second-order valence-corrected chi connectivity index (χ2v) is 10.3. The second-order valence-electron chi connectivity index (χ2n) is 9.84. The first-order valence-corrected chi connectivity index (χ1v) is 13.6. The van der Waals surface area contributed by atoms with Crippen LogP contribution in [0.2, 0.25) is 5.02 Å². The van der Waals surface area contributed by atoms with Crippen LogP contribution >= 0.6 is 11.6 Å². The number of para-hydroxylation sites is 2. The van der Waals surface area contributed by atoms with Gasteiger partial charge >= 0.3 is 0 Å². The molecule has 2 aliphatic heterocycles. The molecule has 0 radical (unpaired) electrons. The fourth-order valence-electron chi connectivity index (χ4n) is 5.41. The lowest BCUT2D eigenvalue weighted by atomic mass is 10.0. The van der Waals surface area contributed by atoms with Gasteiger partial charge in [0.2, 0.25) is 11.8 Å². The summed E-state index contributed by atoms with van der Waals surface area (Å²) in [6.45, 7) is 6.50. The maximum absolute atomic E-state index is 13.0. The SMILES string of the molecule is COc1ccccc1N1CCN(C(=O)CCCn2nc(-c3ccc(Cl)cc3)c3c2CCN(C(C)=O)C3)CC1. The predicted octanol–water partition coefficient (Wildman–Crippen LogP) is 4.25. The number of carbonyl (C=O) groups excluding carboxylic acids is 2. The van der Waals surface area contributed by atoms with E-state index in [1.807, 2.05) is 56.9 Å². The summed E-state index contributed by atoms with van der Waals surface area (Å²) < 4.78 is 7.55. The van der Waals surface area contributed by atoms with Crippen molar-refractivity contribution in [3.63, 3.8) is 0 Å². The number of fused-ring (bicyclic) bond motifs is 1. The van der Waals surface area contributed by atoms with Crippen molar-refractivity contribution >= 4 is 29.1 Å². The molecule has 2 aliphatic rings. The number of piperazine rings is 1. The number of hydrogen-bond acceptors (Lipinski definition) is 5. The van der Waals surface area contributed by atoms with E-state index < -0.39 is 0 Å². The van der Waals surface area contributed by atoms with Crippen LogP contribution in [-0.2, 0) is 29.1 Å². The lowest BCUT2D eigenvalue weighted by Gasteiger charge is -2.36. The Morgan fingerprint density at radius 3 is 2.42 bits per heavy atom. The Labute approximate surface area is 228 Å². The first kappa shape index (κ1) is 26.1. The topological polar surface area (TPSA) is 70.9 Å². The van der Waals surface area contributed by atoms with Crippen LogP contribution in [-0.4, -0.2) is 71.2 Å². The second kappa shape index (κ2) is 11.5. The molecule has 3 heterocycles. The first-order valence-electron chi connectivity index (χ1n) is 13.2. The van der Waals surface area contributed by atoms with Gasteiger partial charge in [-0.1, -0.05) is 35.9 Å². The van der Waals surface area contributed by atoms with Crippen molar-refractivity contribution in [1.82, 2.24) is 19.6 Å². The number of aromatic nitrogens is 2. The molecule has 5 rings (SSSR count). The Bertz CT molecular complexity index is 1300. The number of benzene rings is 2. The van der Waals surface area contributed by atoms with Crippen LogP contribution in [0.4, 0.5) is 5.69 Å². The van der Waals surface area contributed by atoms with Crippen LogP contribution in [0.1, 0.15) is 31.0 Å². The quantitative estimate of drug-likeness (QED) is 0.452. The maximum atomic E-state index is 13.0. The number of hydrogen-bond donors (Lipinski definition) is 0. The zero-order valence-corrected chi connectivity index (χ0v) is 22.8. The molecular formula is C29H34ClN5O3. The molecule has 1 fully saturated rings. The van der Waals surface area contributed by atoms with Gasteiger partial charge in [0, 0.05) is 87.4 Å². The molecule has 3 aromatic rings. The van der Waals surface area contributed by atoms with Crippen LogP contribution in [0.25, 0.3) is 11.3 Å². The molecule has 200 valence electrons. The Kier molecular flexibility index (Phi) is 7.88. The van der Waals surface area contributed by atoms with Crippen LogP contribution in [0, 0.1) is 0 Å². The lowest BCUT2D eigenvalue weighted by Crippen LogP contribution is -2.48. The molecule has 0 N–H and O–H groups in total. The maximum Gasteiger partial charge on any atom is 0.222 e. The van der Waals surface area contributed by atoms with Gasteiger partial charge in [0.05, 0.1) is 18.5 Å². The minimum absolute atomic E-state index is 0.0712. The fraction of sp³-hybridized carbons (Fsp3) is 0.414. The van der Waals surface area contributed by atoms with Crippen molar-refractivity contribution in [2.45, 2.75) is 39.3 Å². The molecule has 0 atom stereocenters. The number of rotatable bonds is 7. The van der Waals surface area contributed by atoms with E-state index in [4.69, 9.17) is 21.4 Å². The van der Waals surface area contributed by atoms with Gasteiger partial charge in [-0.25, -0.2) is 0 Å². The Morgan fingerprint density at radius 2 is 1.71 bits per heavy atom. The standard InChI is InChI=1S/C29H34ClN5O3/c1-21(36)34-15-13-25-24(20-34)29(22-9-11-23(30)12-10-22)31-35(25)14-5-8-28(37)33-18-16-32(17-19-33)26-6-3-4-7-27(26)38-2/h3-4,6-7,9-12H,5,8,13-20H2,1-2H3. The monoisotopic (exact) mass is 535 g/mol. The number of anilines is 1. The van der Waals surface area contributed by atoms with Gasteiger partial charge in [-0.2, -0.15) is 5.10 Å². The Balaban J connectivity index is 1.21. The molecular weight excluding hydrogens is 502 g/mol. The molecule has 0 unspecified atom stereocenters. The van der Waals surface area contributed by atoms with Crippen molar-refractivity contribution < 1.29 is 14.3 Å². The van der Waals surface area contributed by atoms with E-state index in [0.29, 0.717) is 44.2 Å². The van der Waals surface area contributed by atoms with Gasteiger partial charge in [-0.05, 0) is 30.7 Å². The fourth-order valence-corrected chi connectivity index (χ4v) is 5.54. The molecule has 2 amide bonds. The highest BCUT2D eigenvalue weighted by atomic mass is 35.5. The van der Waals surface area contributed by atoms with E-state index in [1.54, 1.807) is 14.0 Å². The van der Waals surface area contributed by atoms with E-state index in [-0.39, 0.29) is 11.8 Å². The zero-order valence-electron chi connectivity index (χ0n) is 22.0. The Morgan fingerprint density at radius 1 is 0.974 bits per heavy atom. The number of nitrogens with zero attached hydrogens (tertiary/aromatic N) is 5. The first-order chi connectivity index (χ1) is 18.4. The third-order valence-electron chi connectivity index (χ3n) is 7.52. The Hall–Kier alpha value is -3.52. The molecule has 2 aromatic carbocycles. The van der Waals surface area contributed by atoms with Crippen LogP contribution in [0.3, 0.4) is 0 Å². The summed E-state index contributed by atoms with van der Waals surface area (Å²) in [5, 5.41) is 5.62. The molecule has 8 nitrogen and oxygen atoms in total. The summed E-state index contributed by atoms with van der Waals surface area (Å²) in [7, 11) is 1.69. The molecule has 38 heavy (non-hydrogen) atoms. The highest BCUT2D eigenvalue weighted by Gasteiger charge is 2.27. The van der Waals surface area contributed by atoms with Crippen molar-refractivity contribution in [1.29, 1.82) is 0 Å². The average Bonchev–Trinajstić information content (AvgIpc) is 3.31. The molecule has 0 spiro atoms. The minimum atomic E-state index is 0.0712.